The number of rotatable bonds is 3. The molecule has 24 heavy (non-hydrogen) atoms. The van der Waals surface area contributed by atoms with Crippen molar-refractivity contribution >= 4 is 23.0 Å². The molecule has 0 radical (unpaired) electrons. The smallest absolute Gasteiger partial charge is 0.298 e. The lowest BCUT2D eigenvalue weighted by Gasteiger charge is -2.32. The van der Waals surface area contributed by atoms with Crippen molar-refractivity contribution in [3.8, 4) is 0 Å². The normalized spacial score (nSPS) is 20.4. The maximum absolute atomic E-state index is 12.4. The SMILES string of the molecule is O=C(NC1CCN(c2nc3ccccc3o2)CC1)C1CCCCC1. The number of hydrogen-bond donors (Lipinski definition) is 1. The highest BCUT2D eigenvalue weighted by Gasteiger charge is 2.27. The van der Waals surface area contributed by atoms with Crippen LogP contribution < -0.4 is 10.2 Å². The van der Waals surface area contributed by atoms with Crippen LogP contribution in [0.4, 0.5) is 6.01 Å². The Morgan fingerprint density at radius 2 is 1.83 bits per heavy atom. The number of anilines is 1. The number of fused-ring (bicyclic) bond motifs is 1. The predicted octanol–water partition coefficient (Wildman–Crippen LogP) is 3.49. The molecule has 0 unspecified atom stereocenters. The molecule has 0 bridgehead atoms. The minimum atomic E-state index is 0.244. The molecule has 1 N–H and O–H groups in total. The number of nitrogens with zero attached hydrogens (tertiary/aromatic N) is 2. The van der Waals surface area contributed by atoms with Gasteiger partial charge in [0.1, 0.15) is 5.52 Å². The second-order valence-corrected chi connectivity index (χ2v) is 7.07. The third-order valence-corrected chi connectivity index (χ3v) is 5.37. The van der Waals surface area contributed by atoms with E-state index in [2.05, 4.69) is 15.2 Å². The average Bonchev–Trinajstić information content (AvgIpc) is 3.07. The second kappa shape index (κ2) is 6.83. The van der Waals surface area contributed by atoms with E-state index in [0.717, 1.165) is 49.9 Å². The minimum Gasteiger partial charge on any atom is -0.423 e. The van der Waals surface area contributed by atoms with Crippen LogP contribution in [0.5, 0.6) is 0 Å². The predicted molar refractivity (Wildman–Crippen MR) is 94.0 cm³/mol. The van der Waals surface area contributed by atoms with Crippen LogP contribution in [0.25, 0.3) is 11.1 Å². The van der Waals surface area contributed by atoms with Gasteiger partial charge in [-0.1, -0.05) is 31.4 Å². The van der Waals surface area contributed by atoms with Crippen LogP contribution >= 0.6 is 0 Å². The molecule has 2 fully saturated rings. The number of oxazole rings is 1. The molecule has 2 aromatic rings. The fourth-order valence-electron chi connectivity index (χ4n) is 3.89. The van der Waals surface area contributed by atoms with Crippen LogP contribution in [0.3, 0.4) is 0 Å². The number of para-hydroxylation sites is 2. The Balaban J connectivity index is 1.32. The third kappa shape index (κ3) is 3.25. The lowest BCUT2D eigenvalue weighted by atomic mass is 9.88. The zero-order valence-electron chi connectivity index (χ0n) is 14.0. The van der Waals surface area contributed by atoms with Crippen LogP contribution in [0.15, 0.2) is 28.7 Å². The van der Waals surface area contributed by atoms with Gasteiger partial charge in [0.2, 0.25) is 5.91 Å². The van der Waals surface area contributed by atoms with E-state index in [1.54, 1.807) is 0 Å². The maximum atomic E-state index is 12.4. The molecule has 1 aromatic heterocycles. The summed E-state index contributed by atoms with van der Waals surface area (Å²) in [7, 11) is 0. The molecule has 1 saturated carbocycles. The highest BCUT2D eigenvalue weighted by molar-refractivity contribution is 5.79. The van der Waals surface area contributed by atoms with Crippen molar-refractivity contribution in [2.45, 2.75) is 51.0 Å². The van der Waals surface area contributed by atoms with Gasteiger partial charge in [-0.3, -0.25) is 4.79 Å². The Morgan fingerprint density at radius 1 is 1.08 bits per heavy atom. The molecule has 4 rings (SSSR count). The van der Waals surface area contributed by atoms with Crippen molar-refractivity contribution in [3.05, 3.63) is 24.3 Å². The summed E-state index contributed by atoms with van der Waals surface area (Å²) in [5, 5.41) is 3.27. The summed E-state index contributed by atoms with van der Waals surface area (Å²) in [5.74, 6) is 0.517. The highest BCUT2D eigenvalue weighted by atomic mass is 16.4. The molecule has 1 aliphatic carbocycles. The topological polar surface area (TPSA) is 58.4 Å². The summed E-state index contributed by atoms with van der Waals surface area (Å²) in [6.45, 7) is 1.75. The van der Waals surface area contributed by atoms with E-state index in [0.29, 0.717) is 12.1 Å². The lowest BCUT2D eigenvalue weighted by Crippen LogP contribution is -2.46. The summed E-state index contributed by atoms with van der Waals surface area (Å²) < 4.78 is 5.85. The first-order valence-electron chi connectivity index (χ1n) is 9.20. The van der Waals surface area contributed by atoms with E-state index < -0.39 is 0 Å². The number of carbonyl (C=O) groups excluding carboxylic acids is 1. The first kappa shape index (κ1) is 15.5. The quantitative estimate of drug-likeness (QED) is 0.937. The van der Waals surface area contributed by atoms with E-state index in [4.69, 9.17) is 4.42 Å². The van der Waals surface area contributed by atoms with E-state index in [-0.39, 0.29) is 11.8 Å². The van der Waals surface area contributed by atoms with Crippen molar-refractivity contribution < 1.29 is 9.21 Å². The van der Waals surface area contributed by atoms with Gasteiger partial charge in [-0.05, 0) is 37.8 Å². The zero-order valence-corrected chi connectivity index (χ0v) is 14.0. The Bertz CT molecular complexity index is 664. The van der Waals surface area contributed by atoms with Crippen LogP contribution in [0, 0.1) is 5.92 Å². The minimum absolute atomic E-state index is 0.244. The lowest BCUT2D eigenvalue weighted by molar-refractivity contribution is -0.126. The summed E-state index contributed by atoms with van der Waals surface area (Å²) in [6.07, 6.45) is 7.73. The van der Waals surface area contributed by atoms with Gasteiger partial charge in [0.15, 0.2) is 5.58 Å². The number of hydrogen-bond acceptors (Lipinski definition) is 4. The van der Waals surface area contributed by atoms with Crippen LogP contribution in [-0.4, -0.2) is 30.0 Å². The maximum Gasteiger partial charge on any atom is 0.298 e. The van der Waals surface area contributed by atoms with Gasteiger partial charge in [0.25, 0.3) is 6.01 Å². The molecule has 5 heteroatoms. The summed E-state index contributed by atoms with van der Waals surface area (Å²) in [5.41, 5.74) is 1.74. The van der Waals surface area contributed by atoms with Gasteiger partial charge in [0.05, 0.1) is 0 Å². The van der Waals surface area contributed by atoms with Crippen molar-refractivity contribution in [3.63, 3.8) is 0 Å². The second-order valence-electron chi connectivity index (χ2n) is 7.07. The molecule has 128 valence electrons. The summed E-state index contributed by atoms with van der Waals surface area (Å²) >= 11 is 0. The van der Waals surface area contributed by atoms with Crippen molar-refractivity contribution in [1.29, 1.82) is 0 Å². The average molecular weight is 327 g/mol. The number of carbonyl (C=O) groups is 1. The molecule has 0 atom stereocenters. The Morgan fingerprint density at radius 3 is 2.58 bits per heavy atom. The first-order valence-corrected chi connectivity index (χ1v) is 9.20. The Hall–Kier alpha value is -2.04. The first-order chi connectivity index (χ1) is 11.8. The fraction of sp³-hybridized carbons (Fsp3) is 0.579. The molecule has 5 nitrogen and oxygen atoms in total. The molecule has 2 aliphatic rings. The molecule has 1 amide bonds. The molecule has 2 heterocycles. The van der Waals surface area contributed by atoms with Gasteiger partial charge in [-0.25, -0.2) is 0 Å². The van der Waals surface area contributed by atoms with E-state index in [1.165, 1.54) is 19.3 Å². The molecule has 1 saturated heterocycles. The summed E-state index contributed by atoms with van der Waals surface area (Å²) in [4.78, 5) is 19.1. The van der Waals surface area contributed by atoms with Gasteiger partial charge < -0.3 is 14.6 Å². The number of nitrogens with one attached hydrogen (secondary N) is 1. The van der Waals surface area contributed by atoms with Gasteiger partial charge >= 0.3 is 0 Å². The monoisotopic (exact) mass is 327 g/mol. The summed E-state index contributed by atoms with van der Waals surface area (Å²) in [6, 6.07) is 8.85. The Labute approximate surface area is 142 Å². The number of aromatic nitrogens is 1. The highest BCUT2D eigenvalue weighted by Crippen LogP contribution is 2.26. The molecule has 1 aliphatic heterocycles. The van der Waals surface area contributed by atoms with Crippen LogP contribution in [-0.2, 0) is 4.79 Å². The third-order valence-electron chi connectivity index (χ3n) is 5.37. The van der Waals surface area contributed by atoms with Crippen molar-refractivity contribution in [1.82, 2.24) is 10.3 Å². The molecule has 0 spiro atoms. The van der Waals surface area contributed by atoms with E-state index >= 15 is 0 Å². The number of amides is 1. The van der Waals surface area contributed by atoms with Crippen LogP contribution in [0.1, 0.15) is 44.9 Å². The zero-order chi connectivity index (χ0) is 16.4. The molecular weight excluding hydrogens is 302 g/mol. The van der Waals surface area contributed by atoms with Gasteiger partial charge in [-0.15, -0.1) is 0 Å². The van der Waals surface area contributed by atoms with E-state index in [9.17, 15) is 4.79 Å². The molecular formula is C19H25N3O2. The van der Waals surface area contributed by atoms with Crippen molar-refractivity contribution in [2.75, 3.05) is 18.0 Å². The fourth-order valence-corrected chi connectivity index (χ4v) is 3.89. The number of piperidine rings is 1. The van der Waals surface area contributed by atoms with E-state index in [1.807, 2.05) is 24.3 Å². The van der Waals surface area contributed by atoms with Gasteiger partial charge in [-0.2, -0.15) is 4.98 Å². The number of benzene rings is 1. The Kier molecular flexibility index (Phi) is 4.41. The standard InChI is InChI=1S/C19H25N3O2/c23-18(14-6-2-1-3-7-14)20-15-10-12-22(13-11-15)19-21-16-8-4-5-9-17(16)24-19/h4-5,8-9,14-15H,1-3,6-7,10-13H2,(H,20,23). The van der Waals surface area contributed by atoms with Gasteiger partial charge in [0, 0.05) is 25.0 Å². The van der Waals surface area contributed by atoms with Crippen molar-refractivity contribution in [2.24, 2.45) is 5.92 Å². The van der Waals surface area contributed by atoms with Crippen LogP contribution in [0.2, 0.25) is 0 Å². The molecule has 1 aromatic carbocycles. The largest absolute Gasteiger partial charge is 0.423 e.